The van der Waals surface area contributed by atoms with Crippen molar-refractivity contribution in [1.29, 1.82) is 0 Å². The molecule has 0 atom stereocenters. The summed E-state index contributed by atoms with van der Waals surface area (Å²) in [7, 11) is 0. The summed E-state index contributed by atoms with van der Waals surface area (Å²) in [5.74, 6) is 0. The zero-order valence-corrected chi connectivity index (χ0v) is 6.46. The van der Waals surface area contributed by atoms with Gasteiger partial charge in [0.05, 0.1) is 0 Å². The second-order valence-corrected chi connectivity index (χ2v) is 1.85. The highest BCUT2D eigenvalue weighted by Crippen LogP contribution is 1.79. The lowest BCUT2D eigenvalue weighted by Gasteiger charge is -1.69. The van der Waals surface area contributed by atoms with Gasteiger partial charge in [0.2, 0.25) is 0 Å². The lowest BCUT2D eigenvalue weighted by Crippen LogP contribution is -1.47. The molecule has 0 unspecified atom stereocenters. The summed E-state index contributed by atoms with van der Waals surface area (Å²) in [5.41, 5.74) is 0. The van der Waals surface area contributed by atoms with Gasteiger partial charge in [-0.3, -0.25) is 0 Å². The van der Waals surface area contributed by atoms with E-state index in [0.717, 1.165) is 6.42 Å². The van der Waals surface area contributed by atoms with Gasteiger partial charge in [0.15, 0.2) is 0 Å². The van der Waals surface area contributed by atoms with E-state index in [9.17, 15) is 0 Å². The Labute approximate surface area is 63.2 Å². The van der Waals surface area contributed by atoms with Crippen molar-refractivity contribution in [3.63, 3.8) is 0 Å². The van der Waals surface area contributed by atoms with E-state index in [1.807, 2.05) is 42.5 Å². The van der Waals surface area contributed by atoms with Crippen LogP contribution in [-0.4, -0.2) is 0 Å². The maximum Gasteiger partial charge on any atom is -0.0382 e. The van der Waals surface area contributed by atoms with Crippen LogP contribution < -0.4 is 0 Å². The smallest absolute Gasteiger partial charge is 0.0382 e. The Hall–Kier alpha value is -1.04. The molecule has 0 aliphatic carbocycles. The van der Waals surface area contributed by atoms with E-state index in [1.165, 1.54) is 0 Å². The summed E-state index contributed by atoms with van der Waals surface area (Å²) in [6.45, 7) is 5.54. The second-order valence-electron chi connectivity index (χ2n) is 1.85. The van der Waals surface area contributed by atoms with Crippen molar-refractivity contribution < 1.29 is 0 Å². The van der Waals surface area contributed by atoms with Crippen LogP contribution in [0.2, 0.25) is 0 Å². The molecule has 0 aliphatic rings. The van der Waals surface area contributed by atoms with Crippen molar-refractivity contribution >= 4 is 0 Å². The van der Waals surface area contributed by atoms with Gasteiger partial charge in [0.25, 0.3) is 0 Å². The standard InChI is InChI=1S/C6H6.C4H8/c1-2-4-6-5-3-1;1-3-4-2/h1-6H;3H,1,4H2,2H3. The Bertz CT molecular complexity index is 115. The summed E-state index contributed by atoms with van der Waals surface area (Å²) < 4.78 is 0. The van der Waals surface area contributed by atoms with Gasteiger partial charge >= 0.3 is 0 Å². The minimum Gasteiger partial charge on any atom is -0.103 e. The molecule has 1 aromatic carbocycles. The predicted octanol–water partition coefficient (Wildman–Crippen LogP) is 3.27. The molecule has 0 radical (unpaired) electrons. The third-order valence-electron chi connectivity index (χ3n) is 0.955. The Morgan fingerprint density at radius 2 is 1.20 bits per heavy atom. The molecule has 10 heavy (non-hydrogen) atoms. The molecule has 54 valence electrons. The molecule has 0 amide bonds. The first-order valence-corrected chi connectivity index (χ1v) is 3.52. The average Bonchev–Trinajstić information content (AvgIpc) is 2.08. The van der Waals surface area contributed by atoms with Crippen LogP contribution in [0.5, 0.6) is 0 Å². The van der Waals surface area contributed by atoms with Crippen molar-refractivity contribution in [1.82, 2.24) is 0 Å². The topological polar surface area (TPSA) is 0 Å². The van der Waals surface area contributed by atoms with E-state index in [2.05, 4.69) is 13.5 Å². The summed E-state index contributed by atoms with van der Waals surface area (Å²) in [5, 5.41) is 0. The Morgan fingerprint density at radius 3 is 1.30 bits per heavy atom. The molecule has 1 aromatic rings. The highest BCUT2D eigenvalue weighted by atomic mass is 13.6. The van der Waals surface area contributed by atoms with E-state index in [-0.39, 0.29) is 0 Å². The highest BCUT2D eigenvalue weighted by molar-refractivity contribution is 4.99. The van der Waals surface area contributed by atoms with Gasteiger partial charge in [-0.15, -0.1) is 6.58 Å². The molecule has 1 rings (SSSR count). The van der Waals surface area contributed by atoms with Crippen molar-refractivity contribution in [2.45, 2.75) is 13.3 Å². The number of benzene rings is 1. The number of hydrogen-bond donors (Lipinski definition) is 0. The molecule has 0 bridgehead atoms. The molecule has 0 saturated heterocycles. The van der Waals surface area contributed by atoms with Gasteiger partial charge in [0, 0.05) is 0 Å². The van der Waals surface area contributed by atoms with Gasteiger partial charge in [-0.1, -0.05) is 49.4 Å². The highest BCUT2D eigenvalue weighted by Gasteiger charge is 1.57. The molecule has 0 aliphatic heterocycles. The summed E-state index contributed by atoms with van der Waals surface area (Å²) in [4.78, 5) is 0. The quantitative estimate of drug-likeness (QED) is 0.517. The number of hydrogen-bond acceptors (Lipinski definition) is 0. The predicted molar refractivity (Wildman–Crippen MR) is 46.9 cm³/mol. The van der Waals surface area contributed by atoms with Crippen LogP contribution in [0.4, 0.5) is 0 Å². The number of allylic oxidation sites excluding steroid dienone is 1. The van der Waals surface area contributed by atoms with Crippen LogP contribution in [0.1, 0.15) is 13.3 Å². The normalized spacial score (nSPS) is 7.30. The Balaban J connectivity index is 0.000000180. The zero-order valence-electron chi connectivity index (χ0n) is 6.46. The molecular weight excluding hydrogens is 120 g/mol. The Kier molecular flexibility index (Phi) is 7.13. The van der Waals surface area contributed by atoms with Crippen molar-refractivity contribution in [2.24, 2.45) is 0 Å². The van der Waals surface area contributed by atoms with Gasteiger partial charge in [-0.05, 0) is 6.42 Å². The fraction of sp³-hybridized carbons (Fsp3) is 0.200. The SMILES string of the molecule is C=CCC.c1ccccc1. The van der Waals surface area contributed by atoms with E-state index in [1.54, 1.807) is 0 Å². The molecule has 0 fully saturated rings. The summed E-state index contributed by atoms with van der Waals surface area (Å²) in [6.07, 6.45) is 2.96. The molecule has 0 spiro atoms. The van der Waals surface area contributed by atoms with E-state index in [0.29, 0.717) is 0 Å². The molecule has 0 saturated carbocycles. The molecular formula is C10H14. The van der Waals surface area contributed by atoms with Crippen LogP contribution in [0, 0.1) is 0 Å². The molecule has 0 heteroatoms. The van der Waals surface area contributed by atoms with Crippen molar-refractivity contribution in [3.8, 4) is 0 Å². The monoisotopic (exact) mass is 134 g/mol. The molecule has 0 nitrogen and oxygen atoms in total. The second kappa shape index (κ2) is 7.96. The fourth-order valence-corrected chi connectivity index (χ4v) is 0.385. The van der Waals surface area contributed by atoms with E-state index >= 15 is 0 Å². The van der Waals surface area contributed by atoms with Crippen LogP contribution >= 0.6 is 0 Å². The summed E-state index contributed by atoms with van der Waals surface area (Å²) >= 11 is 0. The molecule has 0 N–H and O–H groups in total. The lowest BCUT2D eigenvalue weighted by atomic mass is 10.4. The molecule has 0 aromatic heterocycles. The largest absolute Gasteiger partial charge is 0.103 e. The minimum absolute atomic E-state index is 1.08. The van der Waals surface area contributed by atoms with E-state index in [4.69, 9.17) is 0 Å². The van der Waals surface area contributed by atoms with E-state index < -0.39 is 0 Å². The van der Waals surface area contributed by atoms with Crippen LogP contribution in [0.15, 0.2) is 49.1 Å². The minimum atomic E-state index is 1.08. The van der Waals surface area contributed by atoms with Crippen LogP contribution in [-0.2, 0) is 0 Å². The zero-order chi connectivity index (χ0) is 7.66. The van der Waals surface area contributed by atoms with Gasteiger partial charge < -0.3 is 0 Å². The third kappa shape index (κ3) is 6.96. The first kappa shape index (κ1) is 8.96. The maximum atomic E-state index is 3.48. The third-order valence-corrected chi connectivity index (χ3v) is 0.955. The first-order chi connectivity index (χ1) is 4.91. The first-order valence-electron chi connectivity index (χ1n) is 3.52. The molecule has 0 heterocycles. The van der Waals surface area contributed by atoms with Crippen LogP contribution in [0.25, 0.3) is 0 Å². The summed E-state index contributed by atoms with van der Waals surface area (Å²) in [6, 6.07) is 12.0. The average molecular weight is 134 g/mol. The maximum absolute atomic E-state index is 3.48. The van der Waals surface area contributed by atoms with Gasteiger partial charge in [-0.25, -0.2) is 0 Å². The van der Waals surface area contributed by atoms with Gasteiger partial charge in [-0.2, -0.15) is 0 Å². The fourth-order valence-electron chi connectivity index (χ4n) is 0.385. The van der Waals surface area contributed by atoms with Gasteiger partial charge in [0.1, 0.15) is 0 Å². The number of rotatable bonds is 1. The lowest BCUT2D eigenvalue weighted by molar-refractivity contribution is 1.23. The Morgan fingerprint density at radius 1 is 1.00 bits per heavy atom. The van der Waals surface area contributed by atoms with Crippen molar-refractivity contribution in [3.05, 3.63) is 49.1 Å². The van der Waals surface area contributed by atoms with Crippen LogP contribution in [0.3, 0.4) is 0 Å². The van der Waals surface area contributed by atoms with Crippen molar-refractivity contribution in [2.75, 3.05) is 0 Å².